The molecule has 0 aromatic carbocycles. The second kappa shape index (κ2) is 15.1. The van der Waals surface area contributed by atoms with E-state index in [0.29, 0.717) is 12.3 Å². The quantitative estimate of drug-likeness (QED) is 0.128. The van der Waals surface area contributed by atoms with Crippen LogP contribution in [0.1, 0.15) is 94.4 Å². The van der Waals surface area contributed by atoms with Crippen LogP contribution in [-0.4, -0.2) is 18.4 Å². The van der Waals surface area contributed by atoms with Crippen molar-refractivity contribution in [3.8, 4) is 0 Å². The average Bonchev–Trinajstić information content (AvgIpc) is 2.74. The second-order valence-electron chi connectivity index (χ2n) is 10.7. The smallest absolute Gasteiger partial charge is 0.189 e. The molecule has 0 aromatic heterocycles. The Hall–Kier alpha value is -1.97. The number of ketones is 1. The van der Waals surface area contributed by atoms with Gasteiger partial charge in [-0.15, -0.1) is 0 Å². The molecule has 0 heterocycles. The van der Waals surface area contributed by atoms with E-state index in [-0.39, 0.29) is 11.2 Å². The Labute approximate surface area is 209 Å². The molecule has 1 rings (SSSR count). The van der Waals surface area contributed by atoms with Crippen LogP contribution in [0.15, 0.2) is 70.4 Å². The van der Waals surface area contributed by atoms with Crippen molar-refractivity contribution in [2.75, 3.05) is 6.54 Å². The highest BCUT2D eigenvalue weighted by atomic mass is 16.7. The summed E-state index contributed by atoms with van der Waals surface area (Å²) >= 11 is 0. The van der Waals surface area contributed by atoms with Crippen LogP contribution in [0.25, 0.3) is 0 Å². The molecule has 1 aliphatic rings. The number of Topliss-reactive ketones (excluding diaryl/α,β-unsaturated/α-hetero) is 1. The molecular weight excluding hydrogens is 418 g/mol. The first-order valence-electron chi connectivity index (χ1n) is 13.0. The first kappa shape index (κ1) is 30.1. The third-order valence-electron chi connectivity index (χ3n) is 6.26. The van der Waals surface area contributed by atoms with Crippen LogP contribution in [0.2, 0.25) is 0 Å². The Morgan fingerprint density at radius 1 is 1.15 bits per heavy atom. The molecule has 0 bridgehead atoms. The number of allylic oxidation sites excluding steroid dienone is 11. The fourth-order valence-corrected chi connectivity index (χ4v) is 4.30. The van der Waals surface area contributed by atoms with Gasteiger partial charge in [0.25, 0.3) is 0 Å². The van der Waals surface area contributed by atoms with Gasteiger partial charge in [0.05, 0.1) is 0 Å². The Kier molecular flexibility index (Phi) is 13.4. The van der Waals surface area contributed by atoms with Crippen molar-refractivity contribution in [2.45, 2.75) is 101 Å². The fourth-order valence-electron chi connectivity index (χ4n) is 4.30. The van der Waals surface area contributed by atoms with E-state index in [0.717, 1.165) is 36.1 Å². The van der Waals surface area contributed by atoms with E-state index < -0.39 is 6.10 Å². The van der Waals surface area contributed by atoms with Gasteiger partial charge < -0.3 is 0 Å². The maximum Gasteiger partial charge on any atom is 0.189 e. The zero-order valence-electron chi connectivity index (χ0n) is 23.3. The lowest BCUT2D eigenvalue weighted by Crippen LogP contribution is -2.40. The molecule has 1 N–H and O–H groups in total. The summed E-state index contributed by atoms with van der Waals surface area (Å²) < 4.78 is 0. The Bertz CT molecular complexity index is 845. The SMILES string of the molecule is CCCCCNOC1CC(C)(C)C(/C=C/C(C)=C/C=C/C(C)=C/CC(C)C=C(C)C)=C(C)C1=O. The molecule has 3 heteroatoms. The molecule has 34 heavy (non-hydrogen) atoms. The minimum Gasteiger partial charge on any atom is -0.292 e. The number of hydroxylamine groups is 1. The minimum absolute atomic E-state index is 0.0894. The van der Waals surface area contributed by atoms with Crippen molar-refractivity contribution >= 4 is 5.78 Å². The minimum atomic E-state index is -0.414. The zero-order valence-corrected chi connectivity index (χ0v) is 23.3. The summed E-state index contributed by atoms with van der Waals surface area (Å²) in [6.07, 6.45) is 19.9. The highest BCUT2D eigenvalue weighted by molar-refractivity contribution is 6.00. The van der Waals surface area contributed by atoms with Crippen LogP contribution in [0.3, 0.4) is 0 Å². The van der Waals surface area contributed by atoms with Crippen LogP contribution in [0.5, 0.6) is 0 Å². The largest absolute Gasteiger partial charge is 0.292 e. The molecule has 3 nitrogen and oxygen atoms in total. The van der Waals surface area contributed by atoms with Gasteiger partial charge in [-0.1, -0.05) is 99.8 Å². The third kappa shape index (κ3) is 11.0. The van der Waals surface area contributed by atoms with Crippen molar-refractivity contribution < 1.29 is 9.63 Å². The van der Waals surface area contributed by atoms with Crippen LogP contribution >= 0.6 is 0 Å². The Morgan fingerprint density at radius 3 is 2.50 bits per heavy atom. The molecule has 0 radical (unpaired) electrons. The molecule has 0 spiro atoms. The van der Waals surface area contributed by atoms with Gasteiger partial charge in [-0.3, -0.25) is 9.63 Å². The van der Waals surface area contributed by atoms with E-state index >= 15 is 0 Å². The molecule has 2 atom stereocenters. The highest BCUT2D eigenvalue weighted by Gasteiger charge is 2.38. The van der Waals surface area contributed by atoms with Gasteiger partial charge in [0.1, 0.15) is 6.10 Å². The molecule has 0 saturated heterocycles. The van der Waals surface area contributed by atoms with E-state index in [2.05, 4.69) is 103 Å². The lowest BCUT2D eigenvalue weighted by molar-refractivity contribution is -0.136. The highest BCUT2D eigenvalue weighted by Crippen LogP contribution is 2.40. The van der Waals surface area contributed by atoms with Crippen molar-refractivity contribution in [3.63, 3.8) is 0 Å². The van der Waals surface area contributed by atoms with E-state index in [1.54, 1.807) is 0 Å². The average molecular weight is 468 g/mol. The van der Waals surface area contributed by atoms with Crippen LogP contribution in [0.4, 0.5) is 0 Å². The maximum absolute atomic E-state index is 12.9. The molecule has 0 fully saturated rings. The normalized spacial score (nSPS) is 20.5. The number of rotatable bonds is 13. The first-order chi connectivity index (χ1) is 16.0. The van der Waals surface area contributed by atoms with Crippen LogP contribution in [-0.2, 0) is 9.63 Å². The summed E-state index contributed by atoms with van der Waals surface area (Å²) in [5, 5.41) is 0. The number of hydrogen-bond donors (Lipinski definition) is 1. The first-order valence-corrected chi connectivity index (χ1v) is 13.0. The van der Waals surface area contributed by atoms with Gasteiger partial charge in [-0.25, -0.2) is 5.48 Å². The molecular formula is C31H49NO2. The van der Waals surface area contributed by atoms with Crippen LogP contribution < -0.4 is 5.48 Å². The summed E-state index contributed by atoms with van der Waals surface area (Å²) in [6.45, 7) is 20.1. The van der Waals surface area contributed by atoms with Gasteiger partial charge in [-0.05, 0) is 76.4 Å². The molecule has 0 aromatic rings. The van der Waals surface area contributed by atoms with Crippen molar-refractivity contribution in [3.05, 3.63) is 70.4 Å². The van der Waals surface area contributed by atoms with E-state index in [1.165, 1.54) is 24.0 Å². The Morgan fingerprint density at radius 2 is 1.85 bits per heavy atom. The third-order valence-corrected chi connectivity index (χ3v) is 6.26. The molecule has 1 aliphatic carbocycles. The maximum atomic E-state index is 12.9. The van der Waals surface area contributed by atoms with Gasteiger partial charge in [0.15, 0.2) is 5.78 Å². The van der Waals surface area contributed by atoms with E-state index in [4.69, 9.17) is 4.84 Å². The van der Waals surface area contributed by atoms with Crippen molar-refractivity contribution in [2.24, 2.45) is 11.3 Å². The summed E-state index contributed by atoms with van der Waals surface area (Å²) in [5.74, 6) is 0.653. The van der Waals surface area contributed by atoms with Gasteiger partial charge in [0, 0.05) is 6.54 Å². The van der Waals surface area contributed by atoms with Crippen molar-refractivity contribution in [1.29, 1.82) is 0 Å². The molecule has 0 saturated carbocycles. The zero-order chi connectivity index (χ0) is 25.7. The fraction of sp³-hybridized carbons (Fsp3) is 0.581. The lowest BCUT2D eigenvalue weighted by Gasteiger charge is -2.36. The summed E-state index contributed by atoms with van der Waals surface area (Å²) in [4.78, 5) is 18.7. The standard InChI is InChI=1S/C31H49NO2/c1-10-11-12-20-32-34-29-22-31(8,9)28(27(7)30(29)33)19-18-25(5)15-13-14-24(4)16-17-26(6)21-23(2)3/h13-16,18-19,21,26,29,32H,10-12,17,20,22H2,1-9H3/b14-13+,19-18+,24-16+,25-15+. The van der Waals surface area contributed by atoms with Crippen molar-refractivity contribution in [1.82, 2.24) is 5.48 Å². The van der Waals surface area contributed by atoms with Gasteiger partial charge in [0.2, 0.25) is 0 Å². The predicted octanol–water partition coefficient (Wildman–Crippen LogP) is 8.38. The van der Waals surface area contributed by atoms with Crippen LogP contribution in [0, 0.1) is 11.3 Å². The second-order valence-corrected chi connectivity index (χ2v) is 10.7. The summed E-state index contributed by atoms with van der Waals surface area (Å²) in [5.41, 5.74) is 8.59. The molecule has 190 valence electrons. The number of unbranched alkanes of at least 4 members (excludes halogenated alkanes) is 2. The number of nitrogens with one attached hydrogen (secondary N) is 1. The molecule has 2 unspecified atom stereocenters. The van der Waals surface area contributed by atoms with E-state index in [9.17, 15) is 4.79 Å². The van der Waals surface area contributed by atoms with E-state index in [1.807, 2.05) is 6.92 Å². The summed E-state index contributed by atoms with van der Waals surface area (Å²) in [6, 6.07) is 0. The predicted molar refractivity (Wildman–Crippen MR) is 148 cm³/mol. The molecule has 0 amide bonds. The van der Waals surface area contributed by atoms with Gasteiger partial charge >= 0.3 is 0 Å². The number of carbonyl (C=O) groups is 1. The number of carbonyl (C=O) groups excluding carboxylic acids is 1. The lowest BCUT2D eigenvalue weighted by atomic mass is 9.71. The monoisotopic (exact) mass is 467 g/mol. The number of hydrogen-bond acceptors (Lipinski definition) is 3. The van der Waals surface area contributed by atoms with Gasteiger partial charge in [-0.2, -0.15) is 0 Å². The molecule has 0 aliphatic heterocycles. The topological polar surface area (TPSA) is 38.3 Å². The Balaban J connectivity index is 2.78. The summed E-state index contributed by atoms with van der Waals surface area (Å²) in [7, 11) is 0.